The van der Waals surface area contributed by atoms with Gasteiger partial charge in [-0.15, -0.1) is 40.6 Å². The van der Waals surface area contributed by atoms with Crippen LogP contribution in [0.25, 0.3) is 10.8 Å². The molecule has 0 heterocycles. The molecule has 0 saturated heterocycles. The Bertz CT molecular complexity index is 382. The van der Waals surface area contributed by atoms with Gasteiger partial charge < -0.3 is 0 Å². The van der Waals surface area contributed by atoms with Crippen LogP contribution in [0.5, 0.6) is 0 Å². The minimum Gasteiger partial charge on any atom is -0.269 e. The Balaban J connectivity index is 0. The molecule has 0 unspecified atom stereocenters. The maximum atomic E-state index is 2.24. The van der Waals surface area contributed by atoms with E-state index in [-0.39, 0.29) is 35.3 Å². The molecule has 0 radical (unpaired) electrons. The Kier molecular flexibility index (Phi) is 8.83. The van der Waals surface area contributed by atoms with E-state index < -0.39 is 0 Å². The van der Waals surface area contributed by atoms with Gasteiger partial charge in [-0.25, -0.2) is 0 Å². The van der Waals surface area contributed by atoms with Gasteiger partial charge in [0.25, 0.3) is 0 Å². The average Bonchev–Trinajstić information content (AvgIpc) is 2.50. The van der Waals surface area contributed by atoms with Crippen LogP contribution in [0.2, 0.25) is 0 Å². The fourth-order valence-electron chi connectivity index (χ4n) is 1.70. The molecule has 0 amide bonds. The molecule has 0 bridgehead atoms. The van der Waals surface area contributed by atoms with Crippen molar-refractivity contribution >= 4 is 10.8 Å². The van der Waals surface area contributed by atoms with E-state index >= 15 is 0 Å². The molecule has 0 fully saturated rings. The van der Waals surface area contributed by atoms with Crippen LogP contribution in [0.1, 0.15) is 18.9 Å². The van der Waals surface area contributed by atoms with Gasteiger partial charge in [0.05, 0.1) is 0 Å². The first-order valence-corrected chi connectivity index (χ1v) is 4.55. The van der Waals surface area contributed by atoms with Crippen molar-refractivity contribution in [1.29, 1.82) is 0 Å². The van der Waals surface area contributed by atoms with Gasteiger partial charge in [-0.3, -0.25) is 9.41 Å². The zero-order valence-corrected chi connectivity index (χ0v) is 12.3. The molecule has 0 aliphatic carbocycles. The summed E-state index contributed by atoms with van der Waals surface area (Å²) in [7, 11) is 0. The number of benzene rings is 1. The first kappa shape index (κ1) is 17.0. The van der Waals surface area contributed by atoms with Crippen LogP contribution in [-0.4, -0.2) is 0 Å². The van der Waals surface area contributed by atoms with Crippen LogP contribution < -0.4 is 0 Å². The summed E-state index contributed by atoms with van der Waals surface area (Å²) in [5.41, 5.74) is 1.49. The quantitative estimate of drug-likeness (QED) is 0.553. The minimum absolute atomic E-state index is 0. The fourth-order valence-corrected chi connectivity index (χ4v) is 1.70. The molecule has 15 heavy (non-hydrogen) atoms. The molecular formula is C12H15F2Hf-. The Morgan fingerprint density at radius 3 is 2.40 bits per heavy atom. The van der Waals surface area contributed by atoms with Crippen LogP contribution in [0, 0.1) is 0 Å². The van der Waals surface area contributed by atoms with E-state index in [1.165, 1.54) is 29.2 Å². The minimum atomic E-state index is 0. The van der Waals surface area contributed by atoms with Crippen molar-refractivity contribution < 1.29 is 35.3 Å². The van der Waals surface area contributed by atoms with E-state index in [2.05, 4.69) is 43.3 Å². The number of hydrogen-bond donors (Lipinski definition) is 0. The van der Waals surface area contributed by atoms with Crippen LogP contribution in [0.4, 0.5) is 9.41 Å². The zero-order valence-electron chi connectivity index (χ0n) is 8.69. The van der Waals surface area contributed by atoms with Crippen molar-refractivity contribution in [2.45, 2.75) is 19.8 Å². The van der Waals surface area contributed by atoms with Gasteiger partial charge in [0, 0.05) is 25.8 Å². The van der Waals surface area contributed by atoms with Crippen LogP contribution >= 0.6 is 0 Å². The molecule has 0 aliphatic rings. The predicted molar refractivity (Wildman–Crippen MR) is 58.5 cm³/mol. The van der Waals surface area contributed by atoms with E-state index in [0.29, 0.717) is 0 Å². The third kappa shape index (κ3) is 3.56. The van der Waals surface area contributed by atoms with Gasteiger partial charge in [0.15, 0.2) is 0 Å². The normalized spacial score (nSPS) is 8.60. The van der Waals surface area contributed by atoms with E-state index in [1.807, 2.05) is 0 Å². The Morgan fingerprint density at radius 1 is 1.07 bits per heavy atom. The molecule has 0 aromatic heterocycles. The Hall–Kier alpha value is -0.440. The summed E-state index contributed by atoms with van der Waals surface area (Å²) >= 11 is 0. The summed E-state index contributed by atoms with van der Waals surface area (Å²) in [6.45, 7) is 2.22. The van der Waals surface area contributed by atoms with Crippen LogP contribution in [0.3, 0.4) is 0 Å². The van der Waals surface area contributed by atoms with Gasteiger partial charge in [-0.2, -0.15) is 6.07 Å². The molecule has 0 aliphatic heterocycles. The van der Waals surface area contributed by atoms with Crippen molar-refractivity contribution in [2.24, 2.45) is 0 Å². The summed E-state index contributed by atoms with van der Waals surface area (Å²) in [5.74, 6) is 0. The molecule has 2 rings (SSSR count). The molecule has 3 heteroatoms. The second kappa shape index (κ2) is 7.80. The average molecular weight is 376 g/mol. The molecule has 2 aromatic rings. The van der Waals surface area contributed by atoms with E-state index in [4.69, 9.17) is 0 Å². The molecule has 0 atom stereocenters. The van der Waals surface area contributed by atoms with Crippen molar-refractivity contribution in [3.05, 3.63) is 42.0 Å². The van der Waals surface area contributed by atoms with E-state index in [1.54, 1.807) is 0 Å². The van der Waals surface area contributed by atoms with Crippen molar-refractivity contribution in [3.8, 4) is 0 Å². The van der Waals surface area contributed by atoms with Crippen LogP contribution in [0.15, 0.2) is 36.4 Å². The van der Waals surface area contributed by atoms with Gasteiger partial charge in [-0.05, 0) is 0 Å². The number of halogens is 2. The van der Waals surface area contributed by atoms with Crippen molar-refractivity contribution in [1.82, 2.24) is 0 Å². The number of rotatable bonds is 2. The first-order valence-electron chi connectivity index (χ1n) is 4.55. The summed E-state index contributed by atoms with van der Waals surface area (Å²) in [6, 6.07) is 13.0. The summed E-state index contributed by atoms with van der Waals surface area (Å²) in [5, 5.41) is 2.81. The summed E-state index contributed by atoms with van der Waals surface area (Å²) in [4.78, 5) is 0. The molecular weight excluding hydrogens is 361 g/mol. The van der Waals surface area contributed by atoms with Crippen molar-refractivity contribution in [2.75, 3.05) is 0 Å². The van der Waals surface area contributed by atoms with Crippen LogP contribution in [-0.2, 0) is 32.3 Å². The van der Waals surface area contributed by atoms with Crippen molar-refractivity contribution in [3.63, 3.8) is 0 Å². The van der Waals surface area contributed by atoms with Gasteiger partial charge in [0.1, 0.15) is 0 Å². The first-order chi connectivity index (χ1) is 5.92. The second-order valence-electron chi connectivity index (χ2n) is 3.20. The number of fused-ring (bicyclic) bond motifs is 1. The number of aryl methyl sites for hydroxylation is 1. The molecule has 2 aromatic carbocycles. The topological polar surface area (TPSA) is 0 Å². The third-order valence-corrected chi connectivity index (χ3v) is 2.29. The summed E-state index contributed by atoms with van der Waals surface area (Å²) < 4.78 is 0. The van der Waals surface area contributed by atoms with Gasteiger partial charge >= 0.3 is 0 Å². The summed E-state index contributed by atoms with van der Waals surface area (Å²) in [6.07, 6.45) is 2.43. The Labute approximate surface area is 108 Å². The third-order valence-electron chi connectivity index (χ3n) is 2.29. The molecule has 0 saturated carbocycles. The largest absolute Gasteiger partial charge is 0.269 e. The van der Waals surface area contributed by atoms with Gasteiger partial charge in [-0.1, -0.05) is 25.8 Å². The monoisotopic (exact) mass is 377 g/mol. The smallest absolute Gasteiger partial charge is 0 e. The molecule has 82 valence electrons. The van der Waals surface area contributed by atoms with E-state index in [0.717, 1.165) is 0 Å². The maximum absolute atomic E-state index is 2.24. The fraction of sp³-hybridized carbons (Fsp3) is 0.250. The van der Waals surface area contributed by atoms with Gasteiger partial charge in [0.2, 0.25) is 0 Å². The predicted octanol–water partition coefficient (Wildman–Crippen LogP) is 3.81. The molecule has 0 spiro atoms. The zero-order chi connectivity index (χ0) is 8.39. The molecule has 0 N–H and O–H groups in total. The Morgan fingerprint density at radius 2 is 1.73 bits per heavy atom. The molecule has 0 nitrogen and oxygen atoms in total. The SMILES string of the molecule is CCC[c-]1ccc2ccccc21.F.F.[Hf]. The van der Waals surface area contributed by atoms with E-state index in [9.17, 15) is 0 Å². The number of hydrogen-bond acceptors (Lipinski definition) is 0. The maximum Gasteiger partial charge on any atom is 0 e. The standard InChI is InChI=1S/C12H13.2FH.Hf/c1-2-5-10-8-9-11-6-3-4-7-12(10)11;;;/h3-4,6-9H,2,5H2,1H3;2*1H;/q-1;;;. The second-order valence-corrected chi connectivity index (χ2v) is 3.20.